The van der Waals surface area contributed by atoms with Gasteiger partial charge in [-0.15, -0.1) is 0 Å². The number of esters is 2. The van der Waals surface area contributed by atoms with Gasteiger partial charge in [0.1, 0.15) is 0 Å². The van der Waals surface area contributed by atoms with E-state index in [4.69, 9.17) is 11.6 Å². The monoisotopic (exact) mass is 219 g/mol. The predicted molar refractivity (Wildman–Crippen MR) is 49.3 cm³/mol. The summed E-state index contributed by atoms with van der Waals surface area (Å²) in [5.74, 6) is -1.40. The minimum atomic E-state index is -1.62. The molecule has 1 aliphatic heterocycles. The second kappa shape index (κ2) is 3.96. The zero-order valence-corrected chi connectivity index (χ0v) is 8.63. The molecule has 5 nitrogen and oxygen atoms in total. The maximum absolute atomic E-state index is 11.2. The lowest BCUT2D eigenvalue weighted by Gasteiger charge is -2.05. The van der Waals surface area contributed by atoms with Crippen molar-refractivity contribution in [2.45, 2.75) is 18.8 Å². The summed E-state index contributed by atoms with van der Waals surface area (Å²) >= 11 is 5.69. The smallest absolute Gasteiger partial charge is 0.356 e. The third kappa shape index (κ3) is 1.87. The van der Waals surface area contributed by atoms with Crippen molar-refractivity contribution in [1.82, 2.24) is 0 Å². The summed E-state index contributed by atoms with van der Waals surface area (Å²) in [5.41, 5.74) is -0.0838. The van der Waals surface area contributed by atoms with Crippen LogP contribution in [0.1, 0.15) is 13.8 Å². The summed E-state index contributed by atoms with van der Waals surface area (Å²) in [5, 5.41) is 0. The molecule has 0 N–H and O–H groups in total. The zero-order valence-electron chi connectivity index (χ0n) is 7.87. The number of nitrogens with zero attached hydrogens (tertiary/aromatic N) is 1. The summed E-state index contributed by atoms with van der Waals surface area (Å²) in [4.78, 5) is 24.2. The van der Waals surface area contributed by atoms with Crippen LogP contribution in [0.25, 0.3) is 0 Å². The fourth-order valence-electron chi connectivity index (χ4n) is 0.876. The van der Waals surface area contributed by atoms with Crippen LogP contribution in [0.5, 0.6) is 0 Å². The number of carbonyl (C=O) groups is 2. The van der Waals surface area contributed by atoms with Gasteiger partial charge < -0.3 is 9.47 Å². The Morgan fingerprint density at radius 2 is 1.93 bits per heavy atom. The van der Waals surface area contributed by atoms with Crippen molar-refractivity contribution in [3.63, 3.8) is 0 Å². The fraction of sp³-hybridized carbons (Fsp3) is 0.625. The lowest BCUT2D eigenvalue weighted by Crippen LogP contribution is -2.30. The maximum atomic E-state index is 11.2. The van der Waals surface area contributed by atoms with E-state index in [1.807, 2.05) is 0 Å². The molecule has 0 spiro atoms. The SMILES string of the molecule is CCOC(=O)C1=NC1(Cl)C(=O)OCC. The van der Waals surface area contributed by atoms with E-state index in [1.165, 1.54) is 0 Å². The van der Waals surface area contributed by atoms with Gasteiger partial charge in [0, 0.05) is 0 Å². The van der Waals surface area contributed by atoms with Crippen LogP contribution in [0.2, 0.25) is 0 Å². The zero-order chi connectivity index (χ0) is 10.8. The number of carbonyl (C=O) groups excluding carboxylic acids is 2. The Morgan fingerprint density at radius 3 is 2.43 bits per heavy atom. The molecule has 1 heterocycles. The number of ether oxygens (including phenoxy) is 2. The third-order valence-electron chi connectivity index (χ3n) is 1.54. The minimum absolute atomic E-state index is 0.0838. The quantitative estimate of drug-likeness (QED) is 0.392. The summed E-state index contributed by atoms with van der Waals surface area (Å²) in [7, 11) is 0. The average Bonchev–Trinajstić information content (AvgIpc) is 2.81. The van der Waals surface area contributed by atoms with E-state index in [-0.39, 0.29) is 18.9 Å². The lowest BCUT2D eigenvalue weighted by atomic mass is 10.3. The van der Waals surface area contributed by atoms with Crippen molar-refractivity contribution in [3.05, 3.63) is 0 Å². The standard InChI is InChI=1S/C8H10ClNO4/c1-3-13-6(11)5-8(9,10-5)7(12)14-4-2/h3-4H2,1-2H3. The van der Waals surface area contributed by atoms with E-state index in [2.05, 4.69) is 14.5 Å². The van der Waals surface area contributed by atoms with Crippen molar-refractivity contribution < 1.29 is 19.1 Å². The van der Waals surface area contributed by atoms with Crippen LogP contribution in [0.15, 0.2) is 4.99 Å². The van der Waals surface area contributed by atoms with Gasteiger partial charge in [-0.05, 0) is 13.8 Å². The largest absolute Gasteiger partial charge is 0.463 e. The van der Waals surface area contributed by atoms with Gasteiger partial charge >= 0.3 is 11.9 Å². The molecule has 0 saturated carbocycles. The summed E-state index contributed by atoms with van der Waals surface area (Å²) in [6, 6.07) is 0. The van der Waals surface area contributed by atoms with E-state index in [0.717, 1.165) is 0 Å². The summed E-state index contributed by atoms with van der Waals surface area (Å²) in [6.07, 6.45) is 0. The number of alkyl halides is 1. The second-order valence-corrected chi connectivity index (χ2v) is 3.07. The maximum Gasteiger partial charge on any atom is 0.356 e. The lowest BCUT2D eigenvalue weighted by molar-refractivity contribution is -0.144. The topological polar surface area (TPSA) is 65.0 Å². The van der Waals surface area contributed by atoms with E-state index < -0.39 is 16.9 Å². The molecule has 0 fully saturated rings. The van der Waals surface area contributed by atoms with Gasteiger partial charge in [-0.1, -0.05) is 11.6 Å². The Labute approximate surface area is 86.0 Å². The number of aliphatic imine (C=N–C) groups is 1. The highest BCUT2D eigenvalue weighted by atomic mass is 35.5. The van der Waals surface area contributed by atoms with E-state index in [1.54, 1.807) is 13.8 Å². The molecule has 1 unspecified atom stereocenters. The van der Waals surface area contributed by atoms with Gasteiger partial charge in [0.05, 0.1) is 13.2 Å². The average molecular weight is 220 g/mol. The first-order valence-electron chi connectivity index (χ1n) is 4.19. The molecular weight excluding hydrogens is 210 g/mol. The fourth-order valence-corrected chi connectivity index (χ4v) is 1.09. The van der Waals surface area contributed by atoms with E-state index in [9.17, 15) is 9.59 Å². The Hall–Kier alpha value is -1.10. The molecule has 1 atom stereocenters. The molecule has 1 rings (SSSR count). The molecule has 1 aliphatic rings. The van der Waals surface area contributed by atoms with Crippen LogP contribution < -0.4 is 0 Å². The van der Waals surface area contributed by atoms with Crippen molar-refractivity contribution in [1.29, 1.82) is 0 Å². The van der Waals surface area contributed by atoms with E-state index >= 15 is 0 Å². The van der Waals surface area contributed by atoms with Crippen LogP contribution in [0, 0.1) is 0 Å². The van der Waals surface area contributed by atoms with Crippen molar-refractivity contribution in [2.75, 3.05) is 13.2 Å². The summed E-state index contributed by atoms with van der Waals surface area (Å²) in [6.45, 7) is 3.71. The molecule has 0 amide bonds. The molecule has 0 bridgehead atoms. The number of halogens is 1. The number of rotatable bonds is 4. The normalized spacial score (nSPS) is 23.8. The van der Waals surface area contributed by atoms with Gasteiger partial charge in [0.25, 0.3) is 5.00 Å². The number of hydrogen-bond acceptors (Lipinski definition) is 5. The molecule has 0 aromatic carbocycles. The highest BCUT2D eigenvalue weighted by Gasteiger charge is 2.58. The van der Waals surface area contributed by atoms with Crippen LogP contribution in [-0.2, 0) is 19.1 Å². The summed E-state index contributed by atoms with van der Waals surface area (Å²) < 4.78 is 9.26. The third-order valence-corrected chi connectivity index (χ3v) is 1.96. The minimum Gasteiger partial charge on any atom is -0.463 e. The second-order valence-electron chi connectivity index (χ2n) is 2.52. The number of hydrogen-bond donors (Lipinski definition) is 0. The van der Waals surface area contributed by atoms with E-state index in [0.29, 0.717) is 0 Å². The van der Waals surface area contributed by atoms with Crippen molar-refractivity contribution in [2.24, 2.45) is 4.99 Å². The van der Waals surface area contributed by atoms with Gasteiger partial charge in [-0.25, -0.2) is 14.6 Å². The first kappa shape index (κ1) is 11.0. The van der Waals surface area contributed by atoms with Crippen molar-refractivity contribution >= 4 is 29.3 Å². The molecule has 6 heteroatoms. The van der Waals surface area contributed by atoms with Crippen molar-refractivity contribution in [3.8, 4) is 0 Å². The molecule has 78 valence electrons. The van der Waals surface area contributed by atoms with Crippen LogP contribution >= 0.6 is 11.6 Å². The molecular formula is C8H10ClNO4. The highest BCUT2D eigenvalue weighted by molar-refractivity contribution is 6.65. The Kier molecular flexibility index (Phi) is 3.10. The molecule has 14 heavy (non-hydrogen) atoms. The van der Waals surface area contributed by atoms with Crippen LogP contribution in [0.3, 0.4) is 0 Å². The molecule has 0 aromatic heterocycles. The van der Waals surface area contributed by atoms with Gasteiger partial charge in [-0.2, -0.15) is 0 Å². The molecule has 0 aliphatic carbocycles. The Morgan fingerprint density at radius 1 is 1.36 bits per heavy atom. The van der Waals surface area contributed by atoms with Crippen LogP contribution in [0.4, 0.5) is 0 Å². The highest BCUT2D eigenvalue weighted by Crippen LogP contribution is 2.34. The van der Waals surface area contributed by atoms with Gasteiger partial charge in [0.15, 0.2) is 5.71 Å². The van der Waals surface area contributed by atoms with Crippen LogP contribution in [-0.4, -0.2) is 35.9 Å². The first-order chi connectivity index (χ1) is 6.56. The first-order valence-corrected chi connectivity index (χ1v) is 4.57. The van der Waals surface area contributed by atoms with Gasteiger partial charge in [-0.3, -0.25) is 0 Å². The molecule has 0 saturated heterocycles. The molecule has 0 radical (unpaired) electrons. The Balaban J connectivity index is 2.52. The molecule has 0 aromatic rings. The predicted octanol–water partition coefficient (Wildman–Crippen LogP) is 0.502. The van der Waals surface area contributed by atoms with Gasteiger partial charge in [0.2, 0.25) is 0 Å². The Bertz CT molecular complexity index is 302.